The van der Waals surface area contributed by atoms with Crippen LogP contribution in [0.5, 0.6) is 0 Å². The third kappa shape index (κ3) is 3.97. The number of hydrogen-bond donors (Lipinski definition) is 2. The van der Waals surface area contributed by atoms with Crippen LogP contribution in [0.3, 0.4) is 0 Å². The van der Waals surface area contributed by atoms with E-state index in [0.717, 1.165) is 23.1 Å². The zero-order valence-electron chi connectivity index (χ0n) is 13.4. The van der Waals surface area contributed by atoms with E-state index in [2.05, 4.69) is 10.4 Å². The zero-order valence-corrected chi connectivity index (χ0v) is 13.4. The van der Waals surface area contributed by atoms with Gasteiger partial charge >= 0.3 is 11.7 Å². The monoisotopic (exact) mass is 350 g/mol. The van der Waals surface area contributed by atoms with E-state index in [-0.39, 0.29) is 16.9 Å². The van der Waals surface area contributed by atoms with Crippen LogP contribution in [0.4, 0.5) is 15.8 Å². The Morgan fingerprint density at radius 2 is 2.12 bits per heavy atom. The average molecular weight is 350 g/mol. The molecule has 1 amide bonds. The van der Waals surface area contributed by atoms with Gasteiger partial charge in [-0.25, -0.2) is 4.39 Å². The van der Waals surface area contributed by atoms with Gasteiger partial charge in [-0.05, 0) is 31.5 Å². The van der Waals surface area contributed by atoms with Gasteiger partial charge in [0.05, 0.1) is 11.3 Å². The van der Waals surface area contributed by atoms with Crippen molar-refractivity contribution in [2.24, 2.45) is 0 Å². The van der Waals surface area contributed by atoms with Crippen LogP contribution in [0.1, 0.15) is 19.4 Å². The lowest BCUT2D eigenvalue weighted by Crippen LogP contribution is -2.40. The molecule has 10 heteroatoms. The van der Waals surface area contributed by atoms with Crippen molar-refractivity contribution in [3.63, 3.8) is 0 Å². The van der Waals surface area contributed by atoms with Gasteiger partial charge in [0.25, 0.3) is 5.91 Å². The van der Waals surface area contributed by atoms with Gasteiger partial charge in [0.15, 0.2) is 0 Å². The van der Waals surface area contributed by atoms with E-state index < -0.39 is 34.6 Å². The summed E-state index contributed by atoms with van der Waals surface area (Å²) in [6.07, 6.45) is 1.67. The van der Waals surface area contributed by atoms with Gasteiger partial charge in [0.1, 0.15) is 23.7 Å². The number of anilines is 1. The normalized spacial score (nSPS) is 11.2. The number of aromatic nitrogens is 2. The molecule has 2 rings (SSSR count). The van der Waals surface area contributed by atoms with Crippen LogP contribution in [0.2, 0.25) is 0 Å². The number of aliphatic carboxylic acids is 1. The van der Waals surface area contributed by atoms with Crippen LogP contribution in [0, 0.1) is 15.9 Å². The van der Waals surface area contributed by atoms with Crippen LogP contribution < -0.4 is 5.32 Å². The molecule has 0 saturated heterocycles. The number of nitro groups is 1. The number of nitrogens with one attached hydrogen (secondary N) is 1. The summed E-state index contributed by atoms with van der Waals surface area (Å²) in [7, 11) is 0. The van der Waals surface area contributed by atoms with Crippen LogP contribution in [-0.4, -0.2) is 31.7 Å². The predicted octanol–water partition coefficient (Wildman–Crippen LogP) is 1.93. The molecule has 9 nitrogen and oxygen atoms in total. The summed E-state index contributed by atoms with van der Waals surface area (Å²) in [4.78, 5) is 33.1. The third-order valence-electron chi connectivity index (χ3n) is 3.56. The topological polar surface area (TPSA) is 127 Å². The Balaban J connectivity index is 2.18. The van der Waals surface area contributed by atoms with E-state index in [1.165, 1.54) is 26.0 Å². The number of nitrogens with zero attached hydrogens (tertiary/aromatic N) is 3. The number of carboxylic acid groups (broad SMARTS) is 1. The molecule has 1 aromatic carbocycles. The van der Waals surface area contributed by atoms with Crippen LogP contribution in [0.15, 0.2) is 30.6 Å². The second kappa shape index (κ2) is 6.67. The lowest BCUT2D eigenvalue weighted by molar-refractivity contribution is -0.385. The Morgan fingerprint density at radius 3 is 2.64 bits per heavy atom. The molecule has 0 unspecified atom stereocenters. The Labute approximate surface area is 141 Å². The van der Waals surface area contributed by atoms with Crippen LogP contribution in [-0.2, 0) is 21.5 Å². The van der Waals surface area contributed by atoms with Crippen molar-refractivity contribution in [2.45, 2.75) is 25.8 Å². The van der Waals surface area contributed by atoms with Crippen molar-refractivity contribution in [3.05, 3.63) is 52.1 Å². The molecule has 0 saturated carbocycles. The maximum atomic E-state index is 13.9. The fraction of sp³-hybridized carbons (Fsp3) is 0.267. The second-order valence-corrected chi connectivity index (χ2v) is 5.79. The number of amides is 1. The number of carbonyl (C=O) groups excluding carboxylic acids is 1. The van der Waals surface area contributed by atoms with E-state index in [9.17, 15) is 24.1 Å². The first-order valence-electron chi connectivity index (χ1n) is 7.12. The van der Waals surface area contributed by atoms with Crippen molar-refractivity contribution < 1.29 is 24.0 Å². The van der Waals surface area contributed by atoms with Crippen molar-refractivity contribution in [1.82, 2.24) is 9.78 Å². The maximum Gasteiger partial charge on any atom is 0.307 e. The van der Waals surface area contributed by atoms with E-state index in [1.807, 2.05) is 0 Å². The van der Waals surface area contributed by atoms with Gasteiger partial charge in [-0.2, -0.15) is 5.10 Å². The molecule has 2 aromatic rings. The Morgan fingerprint density at radius 1 is 1.44 bits per heavy atom. The number of rotatable bonds is 6. The van der Waals surface area contributed by atoms with E-state index in [0.29, 0.717) is 0 Å². The van der Waals surface area contributed by atoms with E-state index in [1.54, 1.807) is 0 Å². The SMILES string of the molecule is CC(C)(C(=O)Nc1ccc(CC(=O)O)c(F)c1)n1cc([N+](=O)[O-])cn1. The van der Waals surface area contributed by atoms with Crippen molar-refractivity contribution >= 4 is 23.3 Å². The summed E-state index contributed by atoms with van der Waals surface area (Å²) in [5, 5.41) is 25.7. The molecule has 0 aliphatic heterocycles. The molecule has 0 radical (unpaired) electrons. The number of carbonyl (C=O) groups is 2. The summed E-state index contributed by atoms with van der Waals surface area (Å²) >= 11 is 0. The minimum Gasteiger partial charge on any atom is -0.481 e. The highest BCUT2D eigenvalue weighted by atomic mass is 19.1. The molecule has 25 heavy (non-hydrogen) atoms. The Bertz CT molecular complexity index is 846. The average Bonchev–Trinajstić information content (AvgIpc) is 3.00. The van der Waals surface area contributed by atoms with Crippen molar-refractivity contribution in [2.75, 3.05) is 5.32 Å². The minimum absolute atomic E-state index is 0.00698. The Kier molecular flexibility index (Phi) is 4.82. The lowest BCUT2D eigenvalue weighted by Gasteiger charge is -2.24. The number of halogens is 1. The van der Waals surface area contributed by atoms with Gasteiger partial charge < -0.3 is 10.4 Å². The summed E-state index contributed by atoms with van der Waals surface area (Å²) in [6, 6.07) is 3.66. The molecular weight excluding hydrogens is 335 g/mol. The van der Waals surface area contributed by atoms with Crippen LogP contribution >= 0.6 is 0 Å². The highest BCUT2D eigenvalue weighted by Gasteiger charge is 2.32. The van der Waals surface area contributed by atoms with E-state index in [4.69, 9.17) is 5.11 Å². The maximum absolute atomic E-state index is 13.9. The molecular formula is C15H15FN4O5. The molecule has 0 aliphatic rings. The van der Waals surface area contributed by atoms with Crippen molar-refractivity contribution in [1.29, 1.82) is 0 Å². The second-order valence-electron chi connectivity index (χ2n) is 5.79. The third-order valence-corrected chi connectivity index (χ3v) is 3.56. The summed E-state index contributed by atoms with van der Waals surface area (Å²) < 4.78 is 15.0. The molecule has 2 N–H and O–H groups in total. The molecule has 0 spiro atoms. The standard InChI is InChI=1S/C15H15FN4O5/c1-15(2,19-8-11(7-17-19)20(24)25)14(23)18-10-4-3-9(5-13(21)22)12(16)6-10/h3-4,6-8H,5H2,1-2H3,(H,18,23)(H,21,22). The molecule has 1 aromatic heterocycles. The molecule has 0 bridgehead atoms. The van der Waals surface area contributed by atoms with Gasteiger partial charge in [0.2, 0.25) is 0 Å². The van der Waals surface area contributed by atoms with Crippen molar-refractivity contribution in [3.8, 4) is 0 Å². The molecule has 0 aliphatic carbocycles. The van der Waals surface area contributed by atoms with Gasteiger partial charge in [-0.3, -0.25) is 24.4 Å². The summed E-state index contributed by atoms with van der Waals surface area (Å²) in [6.45, 7) is 2.99. The van der Waals surface area contributed by atoms with Crippen LogP contribution in [0.25, 0.3) is 0 Å². The van der Waals surface area contributed by atoms with Gasteiger partial charge in [0, 0.05) is 5.69 Å². The largest absolute Gasteiger partial charge is 0.481 e. The number of hydrogen-bond acceptors (Lipinski definition) is 5. The van der Waals surface area contributed by atoms with Gasteiger partial charge in [-0.1, -0.05) is 6.07 Å². The number of carboxylic acids is 1. The Hall–Kier alpha value is -3.30. The lowest BCUT2D eigenvalue weighted by atomic mass is 10.0. The zero-order chi connectivity index (χ0) is 18.8. The quantitative estimate of drug-likeness (QED) is 0.605. The molecule has 1 heterocycles. The minimum atomic E-state index is -1.27. The smallest absolute Gasteiger partial charge is 0.307 e. The summed E-state index contributed by atoms with van der Waals surface area (Å²) in [5.74, 6) is -2.50. The first-order chi connectivity index (χ1) is 11.6. The molecule has 0 atom stereocenters. The fourth-order valence-corrected chi connectivity index (χ4v) is 2.03. The molecule has 0 fully saturated rings. The summed E-state index contributed by atoms with van der Waals surface area (Å²) in [5.41, 5.74) is -1.41. The fourth-order valence-electron chi connectivity index (χ4n) is 2.03. The highest BCUT2D eigenvalue weighted by Crippen LogP contribution is 2.22. The predicted molar refractivity (Wildman–Crippen MR) is 84.6 cm³/mol. The van der Waals surface area contributed by atoms with E-state index >= 15 is 0 Å². The highest BCUT2D eigenvalue weighted by molar-refractivity contribution is 5.96. The van der Waals surface area contributed by atoms with Gasteiger partial charge in [-0.15, -0.1) is 0 Å². The molecule has 132 valence electrons. The first kappa shape index (κ1) is 18.0. The number of benzene rings is 1. The first-order valence-corrected chi connectivity index (χ1v) is 7.12.